The van der Waals surface area contributed by atoms with Crippen LogP contribution in [-0.2, 0) is 0 Å². The SMILES string of the molecule is Cc1nc(C)nc(-c2ccc3c(c2)c2cc(-c4nc(C)nc(C)n4)ccc2n3-c2ccc(-c3nc(-c4ccccc4)nc(-c4ccccc4)n3)cc2-c2ccc(-n3c4ccc(-c5nc(C)nc(C)n5)cc4c4cc(-c5nc(C)nc(C)n5)ccc43)c(-c3ccccc3C#N)c2)n1. The lowest BCUT2D eigenvalue weighted by molar-refractivity contribution is 0.928. The normalized spacial score (nSPS) is 11.5. The molecule has 0 radical (unpaired) electrons. The van der Waals surface area contributed by atoms with Crippen LogP contribution in [0.4, 0.5) is 0 Å². The van der Waals surface area contributed by atoms with Crippen molar-refractivity contribution in [2.24, 2.45) is 0 Å². The first-order valence-electron chi connectivity index (χ1n) is 31.4. The van der Waals surface area contributed by atoms with E-state index in [4.69, 9.17) is 54.8 Å². The summed E-state index contributed by atoms with van der Waals surface area (Å²) in [6.07, 6.45) is 0. The second kappa shape index (κ2) is 23.4. The van der Waals surface area contributed by atoms with Crippen LogP contribution in [0, 0.1) is 66.7 Å². The molecule has 18 nitrogen and oxygen atoms in total. The molecule has 16 rings (SSSR count). The van der Waals surface area contributed by atoms with Gasteiger partial charge in [-0.25, -0.2) is 74.8 Å². The van der Waals surface area contributed by atoms with Gasteiger partial charge >= 0.3 is 0 Å². The molecule has 0 amide bonds. The summed E-state index contributed by atoms with van der Waals surface area (Å²) < 4.78 is 4.60. The van der Waals surface area contributed by atoms with Crippen molar-refractivity contribution in [2.45, 2.75) is 55.4 Å². The molecule has 0 atom stereocenters. The monoisotopic (exact) mass is 1240 g/mol. The Morgan fingerprint density at radius 2 is 0.521 bits per heavy atom. The van der Waals surface area contributed by atoms with Crippen molar-refractivity contribution >= 4 is 43.6 Å². The summed E-state index contributed by atoms with van der Waals surface area (Å²) in [6, 6.07) is 68.7. The van der Waals surface area contributed by atoms with Gasteiger partial charge in [-0.2, -0.15) is 5.26 Å². The van der Waals surface area contributed by atoms with Gasteiger partial charge in [0.25, 0.3) is 0 Å². The molecule has 7 aromatic heterocycles. The molecule has 0 spiro atoms. The zero-order valence-electron chi connectivity index (χ0n) is 53.5. The minimum atomic E-state index is 0.485. The highest BCUT2D eigenvalue weighted by molar-refractivity contribution is 6.13. The summed E-state index contributed by atoms with van der Waals surface area (Å²) in [5.41, 5.74) is 14.9. The molecule has 0 saturated carbocycles. The van der Waals surface area contributed by atoms with Gasteiger partial charge in [0.1, 0.15) is 46.6 Å². The van der Waals surface area contributed by atoms with Crippen molar-refractivity contribution < 1.29 is 0 Å². The molecule has 0 bridgehead atoms. The van der Waals surface area contributed by atoms with E-state index in [2.05, 4.69) is 144 Å². The Morgan fingerprint density at radius 3 is 0.885 bits per heavy atom. The predicted molar refractivity (Wildman–Crippen MR) is 374 cm³/mol. The van der Waals surface area contributed by atoms with Gasteiger partial charge in [-0.05, 0) is 170 Å². The zero-order chi connectivity index (χ0) is 65.5. The van der Waals surface area contributed by atoms with E-state index in [9.17, 15) is 5.26 Å². The summed E-state index contributed by atoms with van der Waals surface area (Å²) in [6.45, 7) is 15.1. The van der Waals surface area contributed by atoms with Gasteiger partial charge in [-0.3, -0.25) is 0 Å². The second-order valence-corrected chi connectivity index (χ2v) is 23.8. The number of fused-ring (bicyclic) bond motifs is 6. The molecule has 0 N–H and O–H groups in total. The van der Waals surface area contributed by atoms with E-state index in [0.717, 1.165) is 116 Å². The van der Waals surface area contributed by atoms with E-state index >= 15 is 0 Å². The summed E-state index contributed by atoms with van der Waals surface area (Å²) in [5, 5.41) is 14.9. The van der Waals surface area contributed by atoms with Crippen LogP contribution >= 0.6 is 0 Å². The van der Waals surface area contributed by atoms with Crippen LogP contribution in [0.2, 0.25) is 0 Å². The highest BCUT2D eigenvalue weighted by Gasteiger charge is 2.25. The van der Waals surface area contributed by atoms with E-state index in [1.807, 2.05) is 140 Å². The van der Waals surface area contributed by atoms with Crippen LogP contribution in [0.3, 0.4) is 0 Å². The van der Waals surface area contributed by atoms with E-state index in [-0.39, 0.29) is 0 Å². The Balaban J connectivity index is 0.984. The quantitative estimate of drug-likeness (QED) is 0.117. The summed E-state index contributed by atoms with van der Waals surface area (Å²) in [5.74, 6) is 8.88. The molecule has 0 fully saturated rings. The van der Waals surface area contributed by atoms with Crippen molar-refractivity contribution in [1.29, 1.82) is 5.26 Å². The van der Waals surface area contributed by atoms with E-state index in [1.54, 1.807) is 0 Å². The number of aryl methyl sites for hydroxylation is 8. The first-order valence-corrected chi connectivity index (χ1v) is 31.4. The molecule has 16 aromatic rings. The molecule has 0 aliphatic rings. The van der Waals surface area contributed by atoms with E-state index in [0.29, 0.717) is 92.9 Å². The number of rotatable bonds is 11. The smallest absolute Gasteiger partial charge is 0.164 e. The average molecular weight is 1250 g/mol. The van der Waals surface area contributed by atoms with E-state index in [1.165, 1.54) is 0 Å². The lowest BCUT2D eigenvalue weighted by atomic mass is 9.93. The van der Waals surface area contributed by atoms with Crippen molar-refractivity contribution in [3.8, 4) is 119 Å². The largest absolute Gasteiger partial charge is 0.309 e. The summed E-state index contributed by atoms with van der Waals surface area (Å²) in [7, 11) is 0. The Kier molecular flexibility index (Phi) is 14.2. The predicted octanol–water partition coefficient (Wildman–Crippen LogP) is 16.1. The third-order valence-corrected chi connectivity index (χ3v) is 17.1. The summed E-state index contributed by atoms with van der Waals surface area (Å²) >= 11 is 0. The summed E-state index contributed by atoms with van der Waals surface area (Å²) in [4.78, 5) is 72.1. The molecule has 0 aliphatic carbocycles. The number of nitriles is 1. The first-order chi connectivity index (χ1) is 46.7. The Labute approximate surface area is 551 Å². The Bertz CT molecular complexity index is 5560. The first kappa shape index (κ1) is 58.2. The van der Waals surface area contributed by atoms with Crippen LogP contribution in [0.1, 0.15) is 52.2 Å². The third kappa shape index (κ3) is 10.6. The van der Waals surface area contributed by atoms with Gasteiger partial charge in [-0.1, -0.05) is 84.9 Å². The number of aromatic nitrogens is 17. The van der Waals surface area contributed by atoms with Crippen molar-refractivity contribution in [2.75, 3.05) is 0 Å². The molecule has 7 heterocycles. The van der Waals surface area contributed by atoms with Gasteiger partial charge in [0, 0.05) is 77.2 Å². The van der Waals surface area contributed by atoms with Crippen molar-refractivity contribution in [1.82, 2.24) is 83.9 Å². The fourth-order valence-electron chi connectivity index (χ4n) is 13.1. The molecular weight excluding hydrogens is 1190 g/mol. The van der Waals surface area contributed by atoms with E-state index < -0.39 is 0 Å². The van der Waals surface area contributed by atoms with Gasteiger partial charge in [0.2, 0.25) is 0 Å². The maximum Gasteiger partial charge on any atom is 0.164 e. The third-order valence-electron chi connectivity index (χ3n) is 17.1. The fourth-order valence-corrected chi connectivity index (χ4v) is 13.1. The highest BCUT2D eigenvalue weighted by Crippen LogP contribution is 2.45. The van der Waals surface area contributed by atoms with Crippen LogP contribution < -0.4 is 0 Å². The molecule has 9 aromatic carbocycles. The molecular formula is C78H56N18. The number of hydrogen-bond donors (Lipinski definition) is 0. The highest BCUT2D eigenvalue weighted by atomic mass is 15.1. The standard InChI is InChI=1S/C78H56N18/c1-42-80-43(2)85-74(84-42)54-25-31-68-62(37-54)63-38-55(75-86-44(3)81-45(4)87-75)26-32-69(63)95(68)66-30-24-53(78-93-72(50-17-11-9-12-18-50)92-73(94-78)51-19-13-10-14-20-51)36-60(66)52-23-29-67(61(35-52)59-22-16-15-21-58(59)41-79)96-70-33-27-56(76-88-46(5)82-47(6)89-76)39-64(70)65-40-57(28-34-71(65)96)77-90-48(7)83-49(8)91-77/h9-40H,1-8H3. The lowest BCUT2D eigenvalue weighted by Gasteiger charge is -2.20. The van der Waals surface area contributed by atoms with Crippen LogP contribution in [0.15, 0.2) is 194 Å². The van der Waals surface area contributed by atoms with Crippen molar-refractivity contribution in [3.63, 3.8) is 0 Å². The Morgan fingerprint density at radius 1 is 0.240 bits per heavy atom. The molecule has 0 unspecified atom stereocenters. The Hall–Kier alpha value is -12.9. The van der Waals surface area contributed by atoms with Crippen LogP contribution in [0.25, 0.3) is 157 Å². The molecule has 458 valence electrons. The second-order valence-electron chi connectivity index (χ2n) is 23.8. The van der Waals surface area contributed by atoms with Crippen molar-refractivity contribution in [3.05, 3.63) is 246 Å². The maximum absolute atomic E-state index is 11.1. The maximum atomic E-state index is 11.1. The van der Waals surface area contributed by atoms with Gasteiger partial charge in [0.15, 0.2) is 40.8 Å². The molecule has 0 saturated heterocycles. The lowest BCUT2D eigenvalue weighted by Crippen LogP contribution is -2.03. The number of benzene rings is 9. The van der Waals surface area contributed by atoms with Crippen LogP contribution in [0.5, 0.6) is 0 Å². The number of nitrogens with zero attached hydrogens (tertiary/aromatic N) is 18. The minimum Gasteiger partial charge on any atom is -0.309 e. The topological polar surface area (TPSA) is 227 Å². The average Bonchev–Trinajstić information content (AvgIpc) is 1.57. The minimum absolute atomic E-state index is 0.485. The van der Waals surface area contributed by atoms with Gasteiger partial charge in [-0.15, -0.1) is 0 Å². The molecule has 96 heavy (non-hydrogen) atoms. The zero-order valence-corrected chi connectivity index (χ0v) is 53.5. The van der Waals surface area contributed by atoms with Crippen LogP contribution in [-0.4, -0.2) is 83.9 Å². The van der Waals surface area contributed by atoms with Gasteiger partial charge < -0.3 is 9.13 Å². The number of hydrogen-bond acceptors (Lipinski definition) is 16. The van der Waals surface area contributed by atoms with Gasteiger partial charge in [0.05, 0.1) is 45.1 Å². The molecule has 0 aliphatic heterocycles. The fraction of sp³-hybridized carbons (Fsp3) is 0.103. The molecule has 18 heteroatoms.